The van der Waals surface area contributed by atoms with Crippen LogP contribution in [0.4, 0.5) is 0 Å². The highest BCUT2D eigenvalue weighted by Crippen LogP contribution is 2.19. The van der Waals surface area contributed by atoms with Crippen molar-refractivity contribution in [3.05, 3.63) is 76.0 Å². The Morgan fingerprint density at radius 1 is 1.09 bits per heavy atom. The van der Waals surface area contributed by atoms with Crippen LogP contribution in [-0.2, 0) is 0 Å². The predicted octanol–water partition coefficient (Wildman–Crippen LogP) is 4.81. The van der Waals surface area contributed by atoms with Crippen LogP contribution in [0.15, 0.2) is 65.8 Å². The third-order valence-electron chi connectivity index (χ3n) is 3.11. The molecule has 0 atom stereocenters. The number of nitrogens with one attached hydrogen (secondary N) is 1. The standard InChI is InChI=1S/C17H13ClN4S/c18-15-10-8-14(9-11-15)16-20-21-17(23)22(16)19-12-4-7-13-5-2-1-3-6-13/h1-12H,(H,21,23). The molecule has 23 heavy (non-hydrogen) atoms. The first-order valence-electron chi connectivity index (χ1n) is 6.93. The summed E-state index contributed by atoms with van der Waals surface area (Å²) in [6.07, 6.45) is 5.50. The number of aromatic amines is 1. The SMILES string of the molecule is S=c1[nH]nc(-c2ccc(Cl)cc2)n1N=CC=Cc1ccccc1. The average molecular weight is 341 g/mol. The van der Waals surface area contributed by atoms with Gasteiger partial charge in [0.05, 0.1) is 0 Å². The van der Waals surface area contributed by atoms with E-state index in [1.165, 1.54) is 0 Å². The molecule has 0 aliphatic rings. The maximum Gasteiger partial charge on any atom is 0.216 e. The number of benzene rings is 2. The van der Waals surface area contributed by atoms with E-state index in [0.29, 0.717) is 15.6 Å². The van der Waals surface area contributed by atoms with Gasteiger partial charge in [0.25, 0.3) is 0 Å². The normalized spacial score (nSPS) is 11.5. The first-order chi connectivity index (χ1) is 11.2. The quantitative estimate of drug-likeness (QED) is 0.547. The molecule has 0 saturated heterocycles. The molecule has 0 fully saturated rings. The van der Waals surface area contributed by atoms with Crippen LogP contribution in [0.2, 0.25) is 5.02 Å². The molecular weight excluding hydrogens is 328 g/mol. The van der Waals surface area contributed by atoms with Crippen molar-refractivity contribution in [3.63, 3.8) is 0 Å². The zero-order valence-corrected chi connectivity index (χ0v) is 13.6. The fourth-order valence-corrected chi connectivity index (χ4v) is 2.31. The lowest BCUT2D eigenvalue weighted by atomic mass is 10.2. The molecule has 114 valence electrons. The molecular formula is C17H13ClN4S. The number of nitrogens with zero attached hydrogens (tertiary/aromatic N) is 3. The van der Waals surface area contributed by atoms with Gasteiger partial charge in [0, 0.05) is 16.8 Å². The Morgan fingerprint density at radius 2 is 1.83 bits per heavy atom. The van der Waals surface area contributed by atoms with Crippen LogP contribution in [-0.4, -0.2) is 21.1 Å². The van der Waals surface area contributed by atoms with Gasteiger partial charge in [0.15, 0.2) is 5.82 Å². The highest BCUT2D eigenvalue weighted by Gasteiger charge is 2.07. The van der Waals surface area contributed by atoms with E-state index in [4.69, 9.17) is 23.8 Å². The molecule has 2 aromatic carbocycles. The third-order valence-corrected chi connectivity index (χ3v) is 3.63. The van der Waals surface area contributed by atoms with Crippen molar-refractivity contribution in [1.82, 2.24) is 14.9 Å². The van der Waals surface area contributed by atoms with Crippen LogP contribution in [0.5, 0.6) is 0 Å². The number of hydrogen-bond donors (Lipinski definition) is 1. The zero-order valence-electron chi connectivity index (χ0n) is 12.1. The first-order valence-corrected chi connectivity index (χ1v) is 7.72. The molecule has 3 rings (SSSR count). The summed E-state index contributed by atoms with van der Waals surface area (Å²) in [5, 5.41) is 12.0. The minimum atomic E-state index is 0.430. The molecule has 3 aromatic rings. The van der Waals surface area contributed by atoms with Crippen molar-refractivity contribution in [2.24, 2.45) is 5.10 Å². The van der Waals surface area contributed by atoms with Gasteiger partial charge in [-0.25, -0.2) is 5.10 Å². The van der Waals surface area contributed by atoms with Gasteiger partial charge in [-0.2, -0.15) is 14.9 Å². The molecule has 4 nitrogen and oxygen atoms in total. The van der Waals surface area contributed by atoms with E-state index >= 15 is 0 Å². The smallest absolute Gasteiger partial charge is 0.216 e. The van der Waals surface area contributed by atoms with Gasteiger partial charge in [-0.05, 0) is 48.1 Å². The number of halogens is 1. The van der Waals surface area contributed by atoms with E-state index in [9.17, 15) is 0 Å². The average Bonchev–Trinajstić information content (AvgIpc) is 2.94. The van der Waals surface area contributed by atoms with Gasteiger partial charge in [-0.15, -0.1) is 0 Å². The predicted molar refractivity (Wildman–Crippen MR) is 97.2 cm³/mol. The summed E-state index contributed by atoms with van der Waals surface area (Å²) < 4.78 is 2.01. The summed E-state index contributed by atoms with van der Waals surface area (Å²) in [5.74, 6) is 0.635. The minimum absolute atomic E-state index is 0.430. The van der Waals surface area contributed by atoms with Crippen molar-refractivity contribution in [2.75, 3.05) is 0 Å². The van der Waals surface area contributed by atoms with E-state index in [2.05, 4.69) is 15.3 Å². The fraction of sp³-hybridized carbons (Fsp3) is 0. The second kappa shape index (κ2) is 7.17. The third kappa shape index (κ3) is 3.83. The van der Waals surface area contributed by atoms with Crippen LogP contribution in [0.1, 0.15) is 5.56 Å². The second-order valence-corrected chi connectivity index (χ2v) is 5.53. The zero-order chi connectivity index (χ0) is 16.1. The summed E-state index contributed by atoms with van der Waals surface area (Å²) in [7, 11) is 0. The number of aromatic nitrogens is 3. The van der Waals surface area contributed by atoms with E-state index in [1.54, 1.807) is 23.0 Å². The fourth-order valence-electron chi connectivity index (χ4n) is 2.01. The van der Waals surface area contributed by atoms with Crippen LogP contribution >= 0.6 is 23.8 Å². The largest absolute Gasteiger partial charge is 0.250 e. The highest BCUT2D eigenvalue weighted by atomic mass is 35.5. The molecule has 0 bridgehead atoms. The van der Waals surface area contributed by atoms with Crippen LogP contribution < -0.4 is 0 Å². The maximum absolute atomic E-state index is 5.91. The van der Waals surface area contributed by atoms with Gasteiger partial charge in [0.1, 0.15) is 0 Å². The first kappa shape index (κ1) is 15.4. The lowest BCUT2D eigenvalue weighted by molar-refractivity contribution is 0.872. The maximum atomic E-state index is 5.91. The number of rotatable bonds is 4. The molecule has 0 aliphatic heterocycles. The van der Waals surface area contributed by atoms with Crippen molar-refractivity contribution >= 4 is 36.1 Å². The Morgan fingerprint density at radius 3 is 2.57 bits per heavy atom. The van der Waals surface area contributed by atoms with Crippen molar-refractivity contribution in [2.45, 2.75) is 0 Å². The van der Waals surface area contributed by atoms with Crippen molar-refractivity contribution in [3.8, 4) is 11.4 Å². The summed E-state index contributed by atoms with van der Waals surface area (Å²) in [6.45, 7) is 0. The highest BCUT2D eigenvalue weighted by molar-refractivity contribution is 7.71. The minimum Gasteiger partial charge on any atom is -0.250 e. The Bertz CT molecular complexity index is 892. The molecule has 0 aliphatic carbocycles. The number of H-pyrrole nitrogens is 1. The van der Waals surface area contributed by atoms with Crippen LogP contribution in [0, 0.1) is 4.77 Å². The second-order valence-electron chi connectivity index (χ2n) is 4.71. The Kier molecular flexibility index (Phi) is 4.80. The van der Waals surface area contributed by atoms with Gasteiger partial charge >= 0.3 is 0 Å². The van der Waals surface area contributed by atoms with E-state index in [1.807, 2.05) is 54.6 Å². The van der Waals surface area contributed by atoms with E-state index in [0.717, 1.165) is 11.1 Å². The van der Waals surface area contributed by atoms with Gasteiger partial charge in [-0.1, -0.05) is 48.0 Å². The van der Waals surface area contributed by atoms with Crippen molar-refractivity contribution in [1.29, 1.82) is 0 Å². The molecule has 0 spiro atoms. The van der Waals surface area contributed by atoms with Gasteiger partial charge < -0.3 is 0 Å². The lowest BCUT2D eigenvalue weighted by Gasteiger charge is -2.00. The number of allylic oxidation sites excluding steroid dienone is 1. The molecule has 0 radical (unpaired) electrons. The summed E-state index contributed by atoms with van der Waals surface area (Å²) in [4.78, 5) is 0. The Labute approximate surface area is 143 Å². The summed E-state index contributed by atoms with van der Waals surface area (Å²) >= 11 is 11.1. The molecule has 0 amide bonds. The van der Waals surface area contributed by atoms with E-state index < -0.39 is 0 Å². The monoisotopic (exact) mass is 340 g/mol. The Hall–Kier alpha value is -2.50. The molecule has 1 heterocycles. The molecule has 1 aromatic heterocycles. The van der Waals surface area contributed by atoms with E-state index in [-0.39, 0.29) is 0 Å². The molecule has 0 saturated carbocycles. The van der Waals surface area contributed by atoms with Crippen LogP contribution in [0.3, 0.4) is 0 Å². The van der Waals surface area contributed by atoms with Gasteiger partial charge in [0.2, 0.25) is 4.77 Å². The van der Waals surface area contributed by atoms with Crippen molar-refractivity contribution < 1.29 is 0 Å². The molecule has 1 N–H and O–H groups in total. The number of hydrogen-bond acceptors (Lipinski definition) is 3. The lowest BCUT2D eigenvalue weighted by Crippen LogP contribution is -1.93. The summed E-state index contributed by atoms with van der Waals surface area (Å²) in [5.41, 5.74) is 1.98. The van der Waals surface area contributed by atoms with Gasteiger partial charge in [-0.3, -0.25) is 0 Å². The molecule has 6 heteroatoms. The molecule has 0 unspecified atom stereocenters. The topological polar surface area (TPSA) is 46.0 Å². The van der Waals surface area contributed by atoms with Crippen LogP contribution in [0.25, 0.3) is 17.5 Å². The Balaban J connectivity index is 1.84. The summed E-state index contributed by atoms with van der Waals surface area (Å²) in [6, 6.07) is 17.4.